The fourth-order valence-corrected chi connectivity index (χ4v) is 3.42. The van der Waals surface area contributed by atoms with E-state index in [2.05, 4.69) is 22.3 Å². The number of rotatable bonds is 7. The van der Waals surface area contributed by atoms with E-state index in [1.165, 1.54) is 5.56 Å². The smallest absolute Gasteiger partial charge is 0.258 e. The molecule has 1 fully saturated rings. The summed E-state index contributed by atoms with van der Waals surface area (Å²) in [6.07, 6.45) is 1.53. The van der Waals surface area contributed by atoms with Crippen molar-refractivity contribution < 1.29 is 14.6 Å². The molecule has 0 spiro atoms. The molecule has 2 N–H and O–H groups in total. The number of piperidine rings is 1. The number of aliphatic hydroxyl groups is 1. The fraction of sp³-hybridized carbons (Fsp3) is 0.381. The van der Waals surface area contributed by atoms with Crippen molar-refractivity contribution in [1.82, 2.24) is 10.2 Å². The topological polar surface area (TPSA) is 61.8 Å². The summed E-state index contributed by atoms with van der Waals surface area (Å²) >= 11 is 11.9. The van der Waals surface area contributed by atoms with Crippen LogP contribution >= 0.6 is 23.2 Å². The second kappa shape index (κ2) is 10.1. The van der Waals surface area contributed by atoms with Crippen LogP contribution in [-0.4, -0.2) is 41.7 Å². The zero-order valence-electron chi connectivity index (χ0n) is 15.5. The molecule has 1 aliphatic rings. The summed E-state index contributed by atoms with van der Waals surface area (Å²) < 4.78 is 5.43. The lowest BCUT2D eigenvalue weighted by atomic mass is 10.1. The van der Waals surface area contributed by atoms with Gasteiger partial charge in [-0.1, -0.05) is 47.5 Å². The summed E-state index contributed by atoms with van der Waals surface area (Å²) in [5.74, 6) is 0.158. The lowest BCUT2D eigenvalue weighted by Crippen LogP contribution is -2.35. The molecular weight excluding hydrogens is 399 g/mol. The van der Waals surface area contributed by atoms with Crippen molar-refractivity contribution in [2.75, 3.05) is 19.7 Å². The van der Waals surface area contributed by atoms with Gasteiger partial charge < -0.3 is 15.2 Å². The third kappa shape index (κ3) is 6.38. The minimum Gasteiger partial charge on any atom is -0.482 e. The van der Waals surface area contributed by atoms with Crippen molar-refractivity contribution >= 4 is 29.1 Å². The maximum Gasteiger partial charge on any atom is 0.258 e. The number of hydrogen-bond donors (Lipinski definition) is 2. The van der Waals surface area contributed by atoms with E-state index < -0.39 is 0 Å². The van der Waals surface area contributed by atoms with Gasteiger partial charge >= 0.3 is 0 Å². The second-order valence-electron chi connectivity index (χ2n) is 6.96. The molecule has 1 saturated heterocycles. The molecule has 150 valence electrons. The van der Waals surface area contributed by atoms with E-state index >= 15 is 0 Å². The number of amides is 1. The molecule has 2 aromatic carbocycles. The van der Waals surface area contributed by atoms with Crippen LogP contribution in [0.3, 0.4) is 0 Å². The monoisotopic (exact) mass is 422 g/mol. The Morgan fingerprint density at radius 3 is 2.50 bits per heavy atom. The van der Waals surface area contributed by atoms with Crippen LogP contribution < -0.4 is 10.1 Å². The Labute approximate surface area is 175 Å². The van der Waals surface area contributed by atoms with Crippen LogP contribution in [0.4, 0.5) is 0 Å². The van der Waals surface area contributed by atoms with E-state index in [0.717, 1.165) is 38.0 Å². The first-order chi connectivity index (χ1) is 13.5. The standard InChI is InChI=1S/C21H24Cl2N2O3/c22-17-5-6-19(23)20(11-17)28-14-21(27)24-12-15-1-3-16(4-2-15)13-25-9-7-18(26)8-10-25/h1-6,11,18,26H,7-10,12-14H2,(H,24,27). The van der Waals surface area contributed by atoms with Gasteiger partial charge in [-0.3, -0.25) is 9.69 Å². The van der Waals surface area contributed by atoms with Crippen molar-refractivity contribution in [2.45, 2.75) is 32.0 Å². The molecule has 1 aliphatic heterocycles. The predicted octanol–water partition coefficient (Wildman–Crippen LogP) is 3.65. The highest BCUT2D eigenvalue weighted by molar-refractivity contribution is 6.34. The first-order valence-electron chi connectivity index (χ1n) is 9.32. The molecule has 28 heavy (non-hydrogen) atoms. The van der Waals surface area contributed by atoms with Gasteiger partial charge in [-0.25, -0.2) is 0 Å². The number of ether oxygens (including phenoxy) is 1. The van der Waals surface area contributed by atoms with Gasteiger partial charge in [-0.15, -0.1) is 0 Å². The number of halogens is 2. The zero-order valence-corrected chi connectivity index (χ0v) is 17.0. The number of likely N-dealkylation sites (tertiary alicyclic amines) is 1. The highest BCUT2D eigenvalue weighted by Crippen LogP contribution is 2.27. The second-order valence-corrected chi connectivity index (χ2v) is 7.81. The number of carbonyl (C=O) groups excluding carboxylic acids is 1. The van der Waals surface area contributed by atoms with Crippen molar-refractivity contribution in [1.29, 1.82) is 0 Å². The van der Waals surface area contributed by atoms with Gasteiger partial charge in [-0.05, 0) is 36.1 Å². The van der Waals surface area contributed by atoms with Gasteiger partial charge in [0.05, 0.1) is 11.1 Å². The normalized spacial score (nSPS) is 15.4. The van der Waals surface area contributed by atoms with Crippen LogP contribution in [0.1, 0.15) is 24.0 Å². The van der Waals surface area contributed by atoms with Gasteiger partial charge in [-0.2, -0.15) is 0 Å². The summed E-state index contributed by atoms with van der Waals surface area (Å²) in [6.45, 7) is 3.04. The molecule has 0 bridgehead atoms. The largest absolute Gasteiger partial charge is 0.482 e. The van der Waals surface area contributed by atoms with Crippen molar-refractivity contribution in [3.05, 3.63) is 63.6 Å². The molecule has 0 saturated carbocycles. The Balaban J connectivity index is 1.41. The van der Waals surface area contributed by atoms with E-state index in [-0.39, 0.29) is 18.6 Å². The molecule has 0 aromatic heterocycles. The van der Waals surface area contributed by atoms with Crippen LogP contribution in [0.15, 0.2) is 42.5 Å². The summed E-state index contributed by atoms with van der Waals surface area (Å²) in [6, 6.07) is 13.1. The predicted molar refractivity (Wildman–Crippen MR) is 111 cm³/mol. The lowest BCUT2D eigenvalue weighted by molar-refractivity contribution is -0.123. The van der Waals surface area contributed by atoms with Gasteiger partial charge in [0, 0.05) is 37.3 Å². The average Bonchev–Trinajstić information content (AvgIpc) is 2.70. The Morgan fingerprint density at radius 1 is 1.11 bits per heavy atom. The number of nitrogens with zero attached hydrogens (tertiary/aromatic N) is 1. The number of benzene rings is 2. The lowest BCUT2D eigenvalue weighted by Gasteiger charge is -2.29. The number of hydrogen-bond acceptors (Lipinski definition) is 4. The molecule has 0 radical (unpaired) electrons. The third-order valence-electron chi connectivity index (χ3n) is 4.73. The molecule has 2 aromatic rings. The summed E-state index contributed by atoms with van der Waals surface area (Å²) in [4.78, 5) is 14.4. The molecule has 1 amide bonds. The number of aliphatic hydroxyl groups excluding tert-OH is 1. The van der Waals surface area contributed by atoms with Crippen LogP contribution in [0.25, 0.3) is 0 Å². The van der Waals surface area contributed by atoms with Gasteiger partial charge in [0.2, 0.25) is 0 Å². The Kier molecular flexibility index (Phi) is 7.57. The molecule has 0 atom stereocenters. The minimum atomic E-state index is -0.230. The van der Waals surface area contributed by atoms with Crippen LogP contribution in [0.5, 0.6) is 5.75 Å². The van der Waals surface area contributed by atoms with E-state index in [4.69, 9.17) is 27.9 Å². The van der Waals surface area contributed by atoms with Crippen LogP contribution in [-0.2, 0) is 17.9 Å². The van der Waals surface area contributed by atoms with E-state index in [1.54, 1.807) is 18.2 Å². The summed E-state index contributed by atoms with van der Waals surface area (Å²) in [7, 11) is 0. The average molecular weight is 423 g/mol. The molecule has 1 heterocycles. The van der Waals surface area contributed by atoms with E-state index in [1.807, 2.05) is 12.1 Å². The SMILES string of the molecule is O=C(COc1cc(Cl)ccc1Cl)NCc1ccc(CN2CCC(O)CC2)cc1. The Bertz CT molecular complexity index is 791. The highest BCUT2D eigenvalue weighted by atomic mass is 35.5. The van der Waals surface area contributed by atoms with E-state index in [9.17, 15) is 9.90 Å². The highest BCUT2D eigenvalue weighted by Gasteiger charge is 2.16. The van der Waals surface area contributed by atoms with Crippen molar-refractivity contribution in [3.63, 3.8) is 0 Å². The van der Waals surface area contributed by atoms with Gasteiger partial charge in [0.1, 0.15) is 5.75 Å². The van der Waals surface area contributed by atoms with Crippen molar-refractivity contribution in [3.8, 4) is 5.75 Å². The molecule has 7 heteroatoms. The Morgan fingerprint density at radius 2 is 1.79 bits per heavy atom. The molecule has 3 rings (SSSR count). The van der Waals surface area contributed by atoms with Crippen molar-refractivity contribution in [2.24, 2.45) is 0 Å². The zero-order chi connectivity index (χ0) is 19.9. The summed E-state index contributed by atoms with van der Waals surface area (Å²) in [5.41, 5.74) is 2.25. The summed E-state index contributed by atoms with van der Waals surface area (Å²) in [5, 5.41) is 13.3. The van der Waals surface area contributed by atoms with Crippen LogP contribution in [0, 0.1) is 0 Å². The molecule has 5 nitrogen and oxygen atoms in total. The fourth-order valence-electron chi connectivity index (χ4n) is 3.08. The maximum absolute atomic E-state index is 12.0. The number of nitrogens with one attached hydrogen (secondary N) is 1. The third-order valence-corrected chi connectivity index (χ3v) is 5.28. The minimum absolute atomic E-state index is 0.126. The molecule has 0 aliphatic carbocycles. The van der Waals surface area contributed by atoms with Gasteiger partial charge in [0.15, 0.2) is 6.61 Å². The quantitative estimate of drug-likeness (QED) is 0.714. The molecular formula is C21H24Cl2N2O3. The van der Waals surface area contributed by atoms with Crippen LogP contribution in [0.2, 0.25) is 10.0 Å². The first kappa shape index (κ1) is 20.9. The number of carbonyl (C=O) groups is 1. The maximum atomic E-state index is 12.0. The molecule has 0 unspecified atom stereocenters. The Hall–Kier alpha value is -1.79. The first-order valence-corrected chi connectivity index (χ1v) is 10.1. The van der Waals surface area contributed by atoms with Gasteiger partial charge in [0.25, 0.3) is 5.91 Å². The van der Waals surface area contributed by atoms with E-state index in [0.29, 0.717) is 22.3 Å².